The third kappa shape index (κ3) is 3.27. The van der Waals surface area contributed by atoms with Crippen LogP contribution < -0.4 is 5.56 Å². The monoisotopic (exact) mass is 369 g/mol. The lowest BCUT2D eigenvalue weighted by Crippen LogP contribution is -2.45. The lowest BCUT2D eigenvalue weighted by Gasteiger charge is -2.35. The third-order valence-electron chi connectivity index (χ3n) is 4.74. The van der Waals surface area contributed by atoms with Crippen molar-refractivity contribution in [3.05, 3.63) is 35.0 Å². The molecule has 1 N–H and O–H groups in total. The molecule has 1 atom stereocenters. The first-order chi connectivity index (χ1) is 12.8. The van der Waals surface area contributed by atoms with E-state index in [0.29, 0.717) is 24.3 Å². The fourth-order valence-corrected chi connectivity index (χ4v) is 3.65. The zero-order chi connectivity index (χ0) is 19.2. The molecule has 4 rings (SSSR count). The smallest absolute Gasteiger partial charge is 0.410 e. The Morgan fingerprint density at radius 2 is 2.11 bits per heavy atom. The van der Waals surface area contributed by atoms with Crippen molar-refractivity contribution in [2.45, 2.75) is 45.3 Å². The Balaban J connectivity index is 1.75. The molecule has 0 aromatic carbocycles. The summed E-state index contributed by atoms with van der Waals surface area (Å²) >= 11 is 0. The second-order valence-electron chi connectivity index (χ2n) is 7.92. The van der Waals surface area contributed by atoms with Gasteiger partial charge < -0.3 is 14.6 Å². The number of carbonyl (C=O) groups is 1. The number of nitrogens with zero attached hydrogens (tertiary/aromatic N) is 4. The number of pyridine rings is 1. The largest absolute Gasteiger partial charge is 0.444 e. The first-order valence-corrected chi connectivity index (χ1v) is 9.15. The number of rotatable bonds is 1. The molecular formula is C19H23N5O3. The van der Waals surface area contributed by atoms with Crippen molar-refractivity contribution in [1.29, 1.82) is 0 Å². The van der Waals surface area contributed by atoms with Crippen LogP contribution in [0.2, 0.25) is 0 Å². The van der Waals surface area contributed by atoms with E-state index in [2.05, 4.69) is 15.0 Å². The number of piperidine rings is 1. The molecule has 3 aromatic heterocycles. The van der Waals surface area contributed by atoms with Gasteiger partial charge in [-0.25, -0.2) is 14.8 Å². The van der Waals surface area contributed by atoms with Crippen LogP contribution in [0.5, 0.6) is 0 Å². The minimum atomic E-state index is -0.548. The van der Waals surface area contributed by atoms with Crippen molar-refractivity contribution < 1.29 is 9.53 Å². The molecule has 1 saturated heterocycles. The summed E-state index contributed by atoms with van der Waals surface area (Å²) in [7, 11) is 0. The molecular weight excluding hydrogens is 346 g/mol. The molecule has 8 heteroatoms. The minimum Gasteiger partial charge on any atom is -0.444 e. The first kappa shape index (κ1) is 17.5. The normalized spacial score (nSPS) is 18.2. The number of hydrogen-bond donors (Lipinski definition) is 1. The molecule has 1 amide bonds. The molecule has 27 heavy (non-hydrogen) atoms. The van der Waals surface area contributed by atoms with Gasteiger partial charge >= 0.3 is 6.09 Å². The van der Waals surface area contributed by atoms with Gasteiger partial charge in [0.25, 0.3) is 5.56 Å². The van der Waals surface area contributed by atoms with Gasteiger partial charge in [0.2, 0.25) is 0 Å². The van der Waals surface area contributed by atoms with E-state index >= 15 is 0 Å². The van der Waals surface area contributed by atoms with Gasteiger partial charge in [-0.1, -0.05) is 0 Å². The molecule has 8 nitrogen and oxygen atoms in total. The van der Waals surface area contributed by atoms with Crippen LogP contribution in [0.25, 0.3) is 22.1 Å². The maximum atomic E-state index is 12.7. The van der Waals surface area contributed by atoms with E-state index in [1.54, 1.807) is 21.9 Å². The van der Waals surface area contributed by atoms with Gasteiger partial charge in [0.05, 0.1) is 24.0 Å². The van der Waals surface area contributed by atoms with E-state index < -0.39 is 5.60 Å². The van der Waals surface area contributed by atoms with E-state index in [1.807, 2.05) is 26.8 Å². The molecule has 1 unspecified atom stereocenters. The lowest BCUT2D eigenvalue weighted by molar-refractivity contribution is 0.0173. The second-order valence-corrected chi connectivity index (χ2v) is 7.92. The average molecular weight is 369 g/mol. The number of H-pyrrole nitrogens is 1. The van der Waals surface area contributed by atoms with Gasteiger partial charge in [0.15, 0.2) is 0 Å². The highest BCUT2D eigenvalue weighted by atomic mass is 16.6. The van der Waals surface area contributed by atoms with Crippen LogP contribution in [0.15, 0.2) is 29.5 Å². The first-order valence-electron chi connectivity index (χ1n) is 9.15. The SMILES string of the molecule is CC(C)(C)OC(=O)N1CCCC(n2c(=O)cnc3cnc4[nH]ccc4c32)C1. The Morgan fingerprint density at radius 1 is 1.30 bits per heavy atom. The van der Waals surface area contributed by atoms with Gasteiger partial charge in [0, 0.05) is 24.7 Å². The molecule has 1 fully saturated rings. The van der Waals surface area contributed by atoms with Crippen molar-refractivity contribution in [1.82, 2.24) is 24.4 Å². The number of amides is 1. The zero-order valence-electron chi connectivity index (χ0n) is 15.7. The van der Waals surface area contributed by atoms with Gasteiger partial charge in [-0.15, -0.1) is 0 Å². The Morgan fingerprint density at radius 3 is 2.89 bits per heavy atom. The lowest BCUT2D eigenvalue weighted by atomic mass is 10.0. The summed E-state index contributed by atoms with van der Waals surface area (Å²) in [5.41, 5.74) is 1.41. The Hall–Kier alpha value is -2.90. The van der Waals surface area contributed by atoms with E-state index in [4.69, 9.17) is 4.74 Å². The number of ether oxygens (including phenoxy) is 1. The number of aromatic amines is 1. The van der Waals surface area contributed by atoms with Gasteiger partial charge in [-0.3, -0.25) is 9.36 Å². The summed E-state index contributed by atoms with van der Waals surface area (Å²) in [4.78, 5) is 38.6. The van der Waals surface area contributed by atoms with Crippen LogP contribution in [0.4, 0.5) is 4.79 Å². The molecule has 0 bridgehead atoms. The van der Waals surface area contributed by atoms with Crippen LogP contribution in [-0.4, -0.2) is 49.2 Å². The van der Waals surface area contributed by atoms with E-state index in [1.165, 1.54) is 6.20 Å². The Labute approximate surface area is 156 Å². The van der Waals surface area contributed by atoms with Crippen molar-refractivity contribution >= 4 is 28.2 Å². The topological polar surface area (TPSA) is 93.1 Å². The van der Waals surface area contributed by atoms with Crippen molar-refractivity contribution in [2.75, 3.05) is 13.1 Å². The average Bonchev–Trinajstić information content (AvgIpc) is 3.09. The van der Waals surface area contributed by atoms with Crippen LogP contribution in [0, 0.1) is 0 Å². The van der Waals surface area contributed by atoms with Crippen LogP contribution in [0.1, 0.15) is 39.7 Å². The summed E-state index contributed by atoms with van der Waals surface area (Å²) in [6.45, 7) is 6.61. The standard InChI is InChI=1S/C19H23N5O3/c1-19(2,3)27-18(26)23-8-4-5-12(11-23)24-15(25)10-21-14-9-22-17-13(16(14)24)6-7-20-17/h6-7,9-10,12H,4-5,8,11H2,1-3H3,(H,20,22). The highest BCUT2D eigenvalue weighted by molar-refractivity contribution is 6.00. The number of hydrogen-bond acceptors (Lipinski definition) is 5. The number of nitrogens with one attached hydrogen (secondary N) is 1. The van der Waals surface area contributed by atoms with Crippen LogP contribution >= 0.6 is 0 Å². The van der Waals surface area contributed by atoms with Crippen molar-refractivity contribution in [3.8, 4) is 0 Å². The molecule has 0 aliphatic carbocycles. The summed E-state index contributed by atoms with van der Waals surface area (Å²) in [5.74, 6) is 0. The third-order valence-corrected chi connectivity index (χ3v) is 4.74. The maximum Gasteiger partial charge on any atom is 0.410 e. The minimum absolute atomic E-state index is 0.134. The second kappa shape index (κ2) is 6.37. The molecule has 1 aliphatic rings. The van der Waals surface area contributed by atoms with E-state index in [0.717, 1.165) is 23.7 Å². The number of likely N-dealkylation sites (tertiary alicyclic amines) is 1. The summed E-state index contributed by atoms with van der Waals surface area (Å²) < 4.78 is 7.27. The maximum absolute atomic E-state index is 12.7. The Kier molecular flexibility index (Phi) is 4.13. The molecule has 142 valence electrons. The highest BCUT2D eigenvalue weighted by Crippen LogP contribution is 2.28. The summed E-state index contributed by atoms with van der Waals surface area (Å²) in [5, 5.41) is 0.854. The van der Waals surface area contributed by atoms with Gasteiger partial charge in [-0.05, 0) is 39.7 Å². The van der Waals surface area contributed by atoms with Crippen molar-refractivity contribution in [3.63, 3.8) is 0 Å². The fourth-order valence-electron chi connectivity index (χ4n) is 3.65. The number of aromatic nitrogens is 4. The van der Waals surface area contributed by atoms with Gasteiger partial charge in [0.1, 0.15) is 16.8 Å². The van der Waals surface area contributed by atoms with E-state index in [9.17, 15) is 9.59 Å². The predicted molar refractivity (Wildman–Crippen MR) is 102 cm³/mol. The molecule has 0 spiro atoms. The zero-order valence-corrected chi connectivity index (χ0v) is 15.7. The molecule has 0 radical (unpaired) electrons. The molecule has 1 aliphatic heterocycles. The summed E-state index contributed by atoms with van der Waals surface area (Å²) in [6.07, 6.45) is 6.07. The van der Waals surface area contributed by atoms with Crippen LogP contribution in [-0.2, 0) is 4.74 Å². The van der Waals surface area contributed by atoms with E-state index in [-0.39, 0.29) is 17.7 Å². The number of carbonyl (C=O) groups excluding carboxylic acids is 1. The quantitative estimate of drug-likeness (QED) is 0.712. The fraction of sp³-hybridized carbons (Fsp3) is 0.474. The summed E-state index contributed by atoms with van der Waals surface area (Å²) in [6, 6.07) is 1.77. The number of fused-ring (bicyclic) bond motifs is 3. The van der Waals surface area contributed by atoms with Crippen molar-refractivity contribution in [2.24, 2.45) is 0 Å². The Bertz CT molecular complexity index is 1060. The molecule has 3 aromatic rings. The predicted octanol–water partition coefficient (Wildman–Crippen LogP) is 2.84. The molecule has 4 heterocycles. The molecule has 0 saturated carbocycles. The highest BCUT2D eigenvalue weighted by Gasteiger charge is 2.30. The van der Waals surface area contributed by atoms with Crippen LogP contribution in [0.3, 0.4) is 0 Å². The van der Waals surface area contributed by atoms with Gasteiger partial charge in [-0.2, -0.15) is 0 Å².